The Bertz CT molecular complexity index is 821. The maximum absolute atomic E-state index is 11.5. The molecule has 0 saturated carbocycles. The van der Waals surface area contributed by atoms with Crippen molar-refractivity contribution in [3.05, 3.63) is 35.7 Å². The summed E-state index contributed by atoms with van der Waals surface area (Å²) in [5.41, 5.74) is 1.05. The number of morpholine rings is 1. The van der Waals surface area contributed by atoms with Crippen molar-refractivity contribution in [1.29, 1.82) is 0 Å². The highest BCUT2D eigenvalue weighted by atomic mass is 32.2. The normalized spacial score (nSPS) is 18.9. The van der Waals surface area contributed by atoms with Crippen LogP contribution in [0.4, 0.5) is 0 Å². The van der Waals surface area contributed by atoms with E-state index in [1.807, 2.05) is 12.1 Å². The summed E-state index contributed by atoms with van der Waals surface area (Å²) in [6.07, 6.45) is 0.983. The van der Waals surface area contributed by atoms with Crippen LogP contribution in [0.3, 0.4) is 0 Å². The molecule has 1 aromatic carbocycles. The van der Waals surface area contributed by atoms with Crippen LogP contribution in [0.25, 0.3) is 0 Å². The molecule has 0 bridgehead atoms. The fourth-order valence-electron chi connectivity index (χ4n) is 2.75. The van der Waals surface area contributed by atoms with Crippen LogP contribution in [-0.2, 0) is 32.4 Å². The van der Waals surface area contributed by atoms with Crippen molar-refractivity contribution < 1.29 is 17.9 Å². The van der Waals surface area contributed by atoms with E-state index in [2.05, 4.69) is 20.3 Å². The molecule has 9 nitrogen and oxygen atoms in total. The molecular weight excluding hydrogens is 358 g/mol. The van der Waals surface area contributed by atoms with Crippen LogP contribution in [0.5, 0.6) is 0 Å². The standard InChI is InChI=1S/C16H23N5O4S/c1-24-9-8-21-18-16(17-19-21)15-12-20(7-10-25-15)11-13-3-5-14(6-4-13)26(2,22)23/h3-6,15H,7-12H2,1-2H3. The van der Waals surface area contributed by atoms with Gasteiger partial charge >= 0.3 is 0 Å². The number of ether oxygens (including phenoxy) is 2. The lowest BCUT2D eigenvalue weighted by atomic mass is 10.2. The molecular formula is C16H23N5O4S. The minimum Gasteiger partial charge on any atom is -0.383 e. The average Bonchev–Trinajstić information content (AvgIpc) is 3.09. The lowest BCUT2D eigenvalue weighted by Crippen LogP contribution is -2.38. The van der Waals surface area contributed by atoms with Crippen molar-refractivity contribution in [2.24, 2.45) is 0 Å². The summed E-state index contributed by atoms with van der Waals surface area (Å²) in [5.74, 6) is 0.568. The minimum absolute atomic E-state index is 0.227. The van der Waals surface area contributed by atoms with Gasteiger partial charge in [0.1, 0.15) is 6.10 Å². The molecule has 142 valence electrons. The summed E-state index contributed by atoms with van der Waals surface area (Å²) in [6.45, 7) is 3.82. The second-order valence-electron chi connectivity index (χ2n) is 6.25. The van der Waals surface area contributed by atoms with E-state index in [-0.39, 0.29) is 6.10 Å². The van der Waals surface area contributed by atoms with Crippen molar-refractivity contribution in [2.75, 3.05) is 39.7 Å². The average molecular weight is 381 g/mol. The van der Waals surface area contributed by atoms with Gasteiger partial charge in [0.25, 0.3) is 0 Å². The van der Waals surface area contributed by atoms with Gasteiger partial charge in [0.2, 0.25) is 5.82 Å². The molecule has 0 radical (unpaired) electrons. The highest BCUT2D eigenvalue weighted by Crippen LogP contribution is 2.20. The number of aromatic nitrogens is 4. The molecule has 0 amide bonds. The Balaban J connectivity index is 1.60. The number of benzene rings is 1. The first-order valence-corrected chi connectivity index (χ1v) is 10.2. The summed E-state index contributed by atoms with van der Waals surface area (Å²) >= 11 is 0. The Labute approximate surface area is 152 Å². The number of sulfone groups is 1. The lowest BCUT2D eigenvalue weighted by Gasteiger charge is -2.31. The first kappa shape index (κ1) is 18.9. The SMILES string of the molecule is COCCn1nnc(C2CN(Cc3ccc(S(C)(=O)=O)cc3)CCO2)n1. The molecule has 1 aliphatic heterocycles. The van der Waals surface area contributed by atoms with Gasteiger partial charge in [-0.25, -0.2) is 8.42 Å². The summed E-state index contributed by atoms with van der Waals surface area (Å²) in [4.78, 5) is 4.07. The predicted octanol–water partition coefficient (Wildman–Crippen LogP) is 0.297. The van der Waals surface area contributed by atoms with Crippen molar-refractivity contribution in [1.82, 2.24) is 25.1 Å². The molecule has 1 saturated heterocycles. The van der Waals surface area contributed by atoms with Crippen LogP contribution in [0.1, 0.15) is 17.5 Å². The van der Waals surface area contributed by atoms with Gasteiger partial charge in [-0.05, 0) is 22.9 Å². The van der Waals surface area contributed by atoms with Crippen molar-refractivity contribution in [3.63, 3.8) is 0 Å². The van der Waals surface area contributed by atoms with Gasteiger partial charge in [-0.3, -0.25) is 4.90 Å². The molecule has 0 N–H and O–H groups in total. The minimum atomic E-state index is -3.17. The van der Waals surface area contributed by atoms with Gasteiger partial charge in [0, 0.05) is 33.0 Å². The van der Waals surface area contributed by atoms with E-state index >= 15 is 0 Å². The summed E-state index contributed by atoms with van der Waals surface area (Å²) in [5, 5.41) is 12.4. The first-order chi connectivity index (χ1) is 12.5. The number of methoxy groups -OCH3 is 1. The Hall–Kier alpha value is -1.88. The second-order valence-corrected chi connectivity index (χ2v) is 8.26. The smallest absolute Gasteiger partial charge is 0.204 e. The fourth-order valence-corrected chi connectivity index (χ4v) is 3.39. The lowest BCUT2D eigenvalue weighted by molar-refractivity contribution is -0.0374. The van der Waals surface area contributed by atoms with Gasteiger partial charge in [-0.15, -0.1) is 10.2 Å². The van der Waals surface area contributed by atoms with Crippen LogP contribution < -0.4 is 0 Å². The van der Waals surface area contributed by atoms with Gasteiger partial charge in [-0.1, -0.05) is 12.1 Å². The van der Waals surface area contributed by atoms with Crippen molar-refractivity contribution in [2.45, 2.75) is 24.1 Å². The zero-order chi connectivity index (χ0) is 18.6. The molecule has 1 unspecified atom stereocenters. The predicted molar refractivity (Wildman–Crippen MR) is 93.2 cm³/mol. The molecule has 10 heteroatoms. The molecule has 2 heterocycles. The van der Waals surface area contributed by atoms with Gasteiger partial charge in [0.05, 0.1) is 24.7 Å². The third-order valence-electron chi connectivity index (χ3n) is 4.16. The van der Waals surface area contributed by atoms with E-state index in [0.717, 1.165) is 12.1 Å². The van der Waals surface area contributed by atoms with Gasteiger partial charge in [0.15, 0.2) is 9.84 Å². The molecule has 0 spiro atoms. The zero-order valence-corrected chi connectivity index (χ0v) is 15.7. The molecule has 26 heavy (non-hydrogen) atoms. The monoisotopic (exact) mass is 381 g/mol. The molecule has 2 aromatic rings. The molecule has 1 fully saturated rings. The zero-order valence-electron chi connectivity index (χ0n) is 14.9. The third kappa shape index (κ3) is 4.85. The Kier molecular flexibility index (Phi) is 5.97. The molecule has 0 aliphatic carbocycles. The Morgan fingerprint density at radius 3 is 2.77 bits per heavy atom. The van der Waals surface area contributed by atoms with E-state index in [1.165, 1.54) is 11.1 Å². The van der Waals surface area contributed by atoms with Crippen molar-refractivity contribution >= 4 is 9.84 Å². The Morgan fingerprint density at radius 2 is 2.08 bits per heavy atom. The topological polar surface area (TPSA) is 99.4 Å². The molecule has 3 rings (SSSR count). The maximum atomic E-state index is 11.5. The third-order valence-corrected chi connectivity index (χ3v) is 5.29. The molecule has 1 aromatic heterocycles. The van der Waals surface area contributed by atoms with E-state index < -0.39 is 9.84 Å². The van der Waals surface area contributed by atoms with Gasteiger partial charge < -0.3 is 9.47 Å². The second kappa shape index (κ2) is 8.21. The number of nitrogens with zero attached hydrogens (tertiary/aromatic N) is 5. The van der Waals surface area contributed by atoms with Crippen LogP contribution in [0.2, 0.25) is 0 Å². The number of hydrogen-bond donors (Lipinski definition) is 0. The maximum Gasteiger partial charge on any atom is 0.204 e. The summed E-state index contributed by atoms with van der Waals surface area (Å²) in [6, 6.07) is 6.98. The first-order valence-electron chi connectivity index (χ1n) is 8.35. The van der Waals surface area contributed by atoms with Gasteiger partial charge in [-0.2, -0.15) is 4.80 Å². The Morgan fingerprint density at radius 1 is 1.31 bits per heavy atom. The summed E-state index contributed by atoms with van der Waals surface area (Å²) in [7, 11) is -1.54. The summed E-state index contributed by atoms with van der Waals surface area (Å²) < 4.78 is 33.9. The van der Waals surface area contributed by atoms with Crippen molar-refractivity contribution in [3.8, 4) is 0 Å². The van der Waals surface area contributed by atoms with E-state index in [1.54, 1.807) is 19.2 Å². The highest BCUT2D eigenvalue weighted by molar-refractivity contribution is 7.90. The molecule has 1 aliphatic rings. The van der Waals surface area contributed by atoms with Crippen LogP contribution >= 0.6 is 0 Å². The van der Waals surface area contributed by atoms with Crippen LogP contribution in [0.15, 0.2) is 29.2 Å². The number of rotatable bonds is 7. The highest BCUT2D eigenvalue weighted by Gasteiger charge is 2.25. The van der Waals surface area contributed by atoms with E-state index in [0.29, 0.717) is 43.6 Å². The van der Waals surface area contributed by atoms with E-state index in [4.69, 9.17) is 9.47 Å². The molecule has 1 atom stereocenters. The number of tetrazole rings is 1. The number of hydrogen-bond acceptors (Lipinski definition) is 8. The van der Waals surface area contributed by atoms with Crippen LogP contribution in [0, 0.1) is 0 Å². The van der Waals surface area contributed by atoms with Crippen LogP contribution in [-0.4, -0.2) is 73.2 Å². The van der Waals surface area contributed by atoms with E-state index in [9.17, 15) is 8.42 Å². The largest absolute Gasteiger partial charge is 0.383 e. The quantitative estimate of drug-likeness (QED) is 0.675. The fraction of sp³-hybridized carbons (Fsp3) is 0.562.